The van der Waals surface area contributed by atoms with Gasteiger partial charge in [0.15, 0.2) is 0 Å². The second-order valence-corrected chi connectivity index (χ2v) is 4.85. The highest BCUT2D eigenvalue weighted by atomic mass is 16.5. The van der Waals surface area contributed by atoms with Crippen LogP contribution in [0, 0.1) is 0 Å². The molecule has 0 aliphatic heterocycles. The number of nitrogens with zero attached hydrogens (tertiary/aromatic N) is 1. The van der Waals surface area contributed by atoms with Crippen LogP contribution < -0.4 is 14.8 Å². The Morgan fingerprint density at radius 2 is 2.05 bits per heavy atom. The molecule has 0 amide bonds. The first-order valence-electron chi connectivity index (χ1n) is 6.63. The Balaban J connectivity index is 2.26. The third-order valence-electron chi connectivity index (χ3n) is 3.00. The second kappa shape index (κ2) is 6.43. The van der Waals surface area contributed by atoms with Gasteiger partial charge in [0.25, 0.3) is 0 Å². The molecular weight excluding hydrogens is 254 g/mol. The van der Waals surface area contributed by atoms with Crippen molar-refractivity contribution >= 4 is 0 Å². The first kappa shape index (κ1) is 14.4. The molecule has 0 unspecified atom stereocenters. The summed E-state index contributed by atoms with van der Waals surface area (Å²) in [4.78, 5) is 7.68. The molecule has 5 heteroatoms. The molecule has 108 valence electrons. The second-order valence-electron chi connectivity index (χ2n) is 4.85. The summed E-state index contributed by atoms with van der Waals surface area (Å²) in [5, 5.41) is 3.33. The molecular formula is C15H21N3O2. The van der Waals surface area contributed by atoms with Gasteiger partial charge in [0.05, 0.1) is 32.7 Å². The largest absolute Gasteiger partial charge is 0.497 e. The summed E-state index contributed by atoms with van der Waals surface area (Å²) >= 11 is 0. The minimum atomic E-state index is 0.426. The first-order chi connectivity index (χ1) is 9.63. The lowest BCUT2D eigenvalue weighted by Gasteiger charge is -2.09. The molecule has 2 aromatic rings. The molecule has 20 heavy (non-hydrogen) atoms. The molecule has 0 aliphatic carbocycles. The summed E-state index contributed by atoms with van der Waals surface area (Å²) in [5.41, 5.74) is 1.86. The summed E-state index contributed by atoms with van der Waals surface area (Å²) in [7, 11) is 3.31. The Hall–Kier alpha value is -2.01. The molecule has 0 saturated heterocycles. The van der Waals surface area contributed by atoms with Crippen LogP contribution in [0.15, 0.2) is 24.4 Å². The maximum absolute atomic E-state index is 5.39. The molecule has 0 spiro atoms. The highest BCUT2D eigenvalue weighted by Crippen LogP contribution is 2.32. The van der Waals surface area contributed by atoms with Crippen molar-refractivity contribution in [2.45, 2.75) is 26.4 Å². The van der Waals surface area contributed by atoms with Crippen LogP contribution in [-0.2, 0) is 6.54 Å². The summed E-state index contributed by atoms with van der Waals surface area (Å²) < 4.78 is 10.6. The predicted molar refractivity (Wildman–Crippen MR) is 79.1 cm³/mol. The number of methoxy groups -OCH3 is 2. The van der Waals surface area contributed by atoms with E-state index in [1.54, 1.807) is 14.2 Å². The number of imidazole rings is 1. The van der Waals surface area contributed by atoms with Crippen molar-refractivity contribution in [2.24, 2.45) is 0 Å². The number of rotatable bonds is 6. The summed E-state index contributed by atoms with van der Waals surface area (Å²) in [6.07, 6.45) is 1.81. The summed E-state index contributed by atoms with van der Waals surface area (Å²) in [6.45, 7) is 4.92. The molecule has 5 nitrogen and oxygen atoms in total. The molecule has 0 radical (unpaired) electrons. The standard InChI is InChI=1S/C15H21N3O2/c1-10(2)16-9-15-17-8-13(18-15)12-7-11(19-3)5-6-14(12)20-4/h5-8,10,16H,9H2,1-4H3,(H,17,18). The Morgan fingerprint density at radius 3 is 2.70 bits per heavy atom. The van der Waals surface area contributed by atoms with Crippen LogP contribution in [0.3, 0.4) is 0 Å². The number of nitrogens with one attached hydrogen (secondary N) is 2. The Bertz CT molecular complexity index is 564. The van der Waals surface area contributed by atoms with Crippen LogP contribution in [-0.4, -0.2) is 30.2 Å². The molecule has 0 atom stereocenters. The van der Waals surface area contributed by atoms with Crippen LogP contribution in [0.2, 0.25) is 0 Å². The van der Waals surface area contributed by atoms with Gasteiger partial charge in [-0.2, -0.15) is 0 Å². The SMILES string of the molecule is COc1ccc(OC)c(-c2cnc(CNC(C)C)[nH]2)c1. The van der Waals surface area contributed by atoms with Gasteiger partial charge in [0, 0.05) is 11.6 Å². The monoisotopic (exact) mass is 275 g/mol. The Labute approximate surface area is 119 Å². The molecule has 2 rings (SSSR count). The van der Waals surface area contributed by atoms with Gasteiger partial charge in [-0.3, -0.25) is 0 Å². The summed E-state index contributed by atoms with van der Waals surface area (Å²) in [6, 6.07) is 6.13. The fourth-order valence-corrected chi connectivity index (χ4v) is 1.91. The van der Waals surface area contributed by atoms with Gasteiger partial charge in [-0.05, 0) is 18.2 Å². The number of benzene rings is 1. The molecule has 1 heterocycles. The van der Waals surface area contributed by atoms with Crippen LogP contribution >= 0.6 is 0 Å². The van der Waals surface area contributed by atoms with E-state index in [-0.39, 0.29) is 0 Å². The highest BCUT2D eigenvalue weighted by molar-refractivity contribution is 5.68. The zero-order chi connectivity index (χ0) is 14.5. The van der Waals surface area contributed by atoms with Crippen LogP contribution in [0.5, 0.6) is 11.5 Å². The van der Waals surface area contributed by atoms with Gasteiger partial charge in [0.2, 0.25) is 0 Å². The van der Waals surface area contributed by atoms with Gasteiger partial charge < -0.3 is 19.8 Å². The maximum atomic E-state index is 5.39. The average Bonchev–Trinajstić information content (AvgIpc) is 2.93. The molecule has 1 aromatic carbocycles. The average molecular weight is 275 g/mol. The van der Waals surface area contributed by atoms with Gasteiger partial charge in [0.1, 0.15) is 17.3 Å². The lowest BCUT2D eigenvalue weighted by atomic mass is 10.1. The van der Waals surface area contributed by atoms with Crippen molar-refractivity contribution in [3.63, 3.8) is 0 Å². The highest BCUT2D eigenvalue weighted by Gasteiger charge is 2.10. The minimum absolute atomic E-state index is 0.426. The van der Waals surface area contributed by atoms with Crippen LogP contribution in [0.25, 0.3) is 11.3 Å². The van der Waals surface area contributed by atoms with Gasteiger partial charge >= 0.3 is 0 Å². The first-order valence-corrected chi connectivity index (χ1v) is 6.63. The molecule has 0 fully saturated rings. The number of ether oxygens (including phenoxy) is 2. The van der Waals surface area contributed by atoms with Crippen molar-refractivity contribution < 1.29 is 9.47 Å². The number of hydrogen-bond donors (Lipinski definition) is 2. The van der Waals surface area contributed by atoms with Gasteiger partial charge in [-0.1, -0.05) is 13.8 Å². The molecule has 0 saturated carbocycles. The van der Waals surface area contributed by atoms with E-state index < -0.39 is 0 Å². The van der Waals surface area contributed by atoms with E-state index >= 15 is 0 Å². The third kappa shape index (κ3) is 3.30. The normalized spacial score (nSPS) is 10.8. The van der Waals surface area contributed by atoms with E-state index in [0.29, 0.717) is 12.6 Å². The zero-order valence-electron chi connectivity index (χ0n) is 12.4. The van der Waals surface area contributed by atoms with E-state index in [0.717, 1.165) is 28.6 Å². The fraction of sp³-hybridized carbons (Fsp3) is 0.400. The minimum Gasteiger partial charge on any atom is -0.497 e. The number of aromatic amines is 1. The quantitative estimate of drug-likeness (QED) is 0.850. The topological polar surface area (TPSA) is 59.2 Å². The van der Waals surface area contributed by atoms with Crippen LogP contribution in [0.4, 0.5) is 0 Å². The van der Waals surface area contributed by atoms with E-state index in [4.69, 9.17) is 9.47 Å². The van der Waals surface area contributed by atoms with Crippen molar-refractivity contribution in [3.8, 4) is 22.8 Å². The number of aromatic nitrogens is 2. The lowest BCUT2D eigenvalue weighted by molar-refractivity contribution is 0.404. The van der Waals surface area contributed by atoms with E-state index in [1.165, 1.54) is 0 Å². The fourth-order valence-electron chi connectivity index (χ4n) is 1.91. The van der Waals surface area contributed by atoms with Crippen molar-refractivity contribution in [1.82, 2.24) is 15.3 Å². The number of hydrogen-bond acceptors (Lipinski definition) is 4. The number of H-pyrrole nitrogens is 1. The Kier molecular flexibility index (Phi) is 4.63. The van der Waals surface area contributed by atoms with E-state index in [2.05, 4.69) is 29.1 Å². The molecule has 1 aromatic heterocycles. The zero-order valence-corrected chi connectivity index (χ0v) is 12.4. The molecule has 2 N–H and O–H groups in total. The van der Waals surface area contributed by atoms with Crippen molar-refractivity contribution in [2.75, 3.05) is 14.2 Å². The van der Waals surface area contributed by atoms with E-state index in [1.807, 2.05) is 24.4 Å². The van der Waals surface area contributed by atoms with Crippen molar-refractivity contribution in [3.05, 3.63) is 30.2 Å². The summed E-state index contributed by atoms with van der Waals surface area (Å²) in [5.74, 6) is 2.48. The van der Waals surface area contributed by atoms with Gasteiger partial charge in [-0.15, -0.1) is 0 Å². The van der Waals surface area contributed by atoms with Crippen molar-refractivity contribution in [1.29, 1.82) is 0 Å². The Morgan fingerprint density at radius 1 is 1.25 bits per heavy atom. The molecule has 0 bridgehead atoms. The maximum Gasteiger partial charge on any atom is 0.128 e. The van der Waals surface area contributed by atoms with Crippen LogP contribution in [0.1, 0.15) is 19.7 Å². The smallest absolute Gasteiger partial charge is 0.128 e. The molecule has 0 aliphatic rings. The van der Waals surface area contributed by atoms with E-state index in [9.17, 15) is 0 Å². The predicted octanol–water partition coefficient (Wildman–Crippen LogP) is 2.59. The third-order valence-corrected chi connectivity index (χ3v) is 3.00. The van der Waals surface area contributed by atoms with Gasteiger partial charge in [-0.25, -0.2) is 4.98 Å². The lowest BCUT2D eigenvalue weighted by Crippen LogP contribution is -2.22.